The summed E-state index contributed by atoms with van der Waals surface area (Å²) in [7, 11) is 0. The van der Waals surface area contributed by atoms with Crippen molar-refractivity contribution in [2.45, 2.75) is 6.92 Å². The Hall–Kier alpha value is -1.13. The smallest absolute Gasteiger partial charge is 0.228 e. The van der Waals surface area contributed by atoms with Crippen LogP contribution >= 0.6 is 23.2 Å². The number of aromatic nitrogens is 3. The number of rotatable bonds is 0. The summed E-state index contributed by atoms with van der Waals surface area (Å²) in [5, 5.41) is 0.254. The van der Waals surface area contributed by atoms with Gasteiger partial charge in [0.15, 0.2) is 5.15 Å². The Morgan fingerprint density at radius 1 is 1.43 bits per heavy atom. The highest BCUT2D eigenvalue weighted by Gasteiger charge is 2.11. The summed E-state index contributed by atoms with van der Waals surface area (Å²) < 4.78 is 1.38. The van der Waals surface area contributed by atoms with Crippen molar-refractivity contribution in [2.24, 2.45) is 0 Å². The van der Waals surface area contributed by atoms with Crippen molar-refractivity contribution >= 4 is 40.1 Å². The Kier molecular flexibility index (Phi) is 2.17. The lowest BCUT2D eigenvalue weighted by atomic mass is 10.4. The second kappa shape index (κ2) is 3.22. The molecule has 0 aromatic carbocycles. The van der Waals surface area contributed by atoms with Gasteiger partial charge in [-0.3, -0.25) is 9.36 Å². The number of nitrogens with zero attached hydrogens (tertiary/aromatic N) is 3. The Labute approximate surface area is 89.5 Å². The van der Waals surface area contributed by atoms with Crippen molar-refractivity contribution < 1.29 is 4.79 Å². The summed E-state index contributed by atoms with van der Waals surface area (Å²) in [6, 6.07) is 1.66. The van der Waals surface area contributed by atoms with E-state index in [9.17, 15) is 4.79 Å². The first-order valence-electron chi connectivity index (χ1n) is 3.80. The molecule has 0 amide bonds. The zero-order valence-electron chi connectivity index (χ0n) is 7.16. The maximum absolute atomic E-state index is 11.2. The summed E-state index contributed by atoms with van der Waals surface area (Å²) in [6.45, 7) is 1.43. The van der Waals surface area contributed by atoms with Gasteiger partial charge in [-0.05, 0) is 17.7 Å². The SMILES string of the molecule is CC(=O)n1ccc2nc(Cl)nc(Cl)c21. The summed E-state index contributed by atoms with van der Waals surface area (Å²) in [5.41, 5.74) is 1.05. The van der Waals surface area contributed by atoms with Gasteiger partial charge in [0, 0.05) is 13.1 Å². The van der Waals surface area contributed by atoms with E-state index in [1.54, 1.807) is 12.3 Å². The monoisotopic (exact) mass is 229 g/mol. The van der Waals surface area contributed by atoms with Crippen LogP contribution in [0, 0.1) is 0 Å². The number of carbonyl (C=O) groups is 1. The first kappa shape index (κ1) is 9.43. The van der Waals surface area contributed by atoms with E-state index in [2.05, 4.69) is 9.97 Å². The fraction of sp³-hybridized carbons (Fsp3) is 0.125. The van der Waals surface area contributed by atoms with E-state index in [0.29, 0.717) is 11.0 Å². The molecule has 72 valence electrons. The number of carbonyl (C=O) groups excluding carboxylic acids is 1. The highest BCUT2D eigenvalue weighted by molar-refractivity contribution is 6.35. The molecule has 4 nitrogen and oxygen atoms in total. The van der Waals surface area contributed by atoms with Gasteiger partial charge in [-0.15, -0.1) is 0 Å². The Balaban J connectivity index is 2.85. The van der Waals surface area contributed by atoms with Gasteiger partial charge in [-0.1, -0.05) is 11.6 Å². The van der Waals surface area contributed by atoms with E-state index in [4.69, 9.17) is 23.2 Å². The van der Waals surface area contributed by atoms with Crippen molar-refractivity contribution in [2.75, 3.05) is 0 Å². The minimum Gasteiger partial charge on any atom is -0.283 e. The third-order valence-electron chi connectivity index (χ3n) is 1.80. The van der Waals surface area contributed by atoms with Crippen molar-refractivity contribution in [1.82, 2.24) is 14.5 Å². The van der Waals surface area contributed by atoms with Gasteiger partial charge in [0.2, 0.25) is 11.2 Å². The summed E-state index contributed by atoms with van der Waals surface area (Å²) in [6.07, 6.45) is 1.59. The minimum absolute atomic E-state index is 0.0730. The van der Waals surface area contributed by atoms with Crippen molar-refractivity contribution in [3.8, 4) is 0 Å². The molecule has 0 radical (unpaired) electrons. The van der Waals surface area contributed by atoms with Gasteiger partial charge >= 0.3 is 0 Å². The van der Waals surface area contributed by atoms with Crippen LogP contribution in [-0.2, 0) is 0 Å². The van der Waals surface area contributed by atoms with Crippen LogP contribution in [0.5, 0.6) is 0 Å². The van der Waals surface area contributed by atoms with Gasteiger partial charge in [0.05, 0.1) is 5.52 Å². The highest BCUT2D eigenvalue weighted by atomic mass is 35.5. The molecule has 2 aromatic heterocycles. The van der Waals surface area contributed by atoms with Crippen LogP contribution in [0.3, 0.4) is 0 Å². The molecule has 0 spiro atoms. The Morgan fingerprint density at radius 3 is 2.79 bits per heavy atom. The van der Waals surface area contributed by atoms with Gasteiger partial charge in [0.1, 0.15) is 5.52 Å². The normalized spacial score (nSPS) is 10.8. The quantitative estimate of drug-likeness (QED) is 0.515. The van der Waals surface area contributed by atoms with E-state index in [-0.39, 0.29) is 16.3 Å². The van der Waals surface area contributed by atoms with Crippen LogP contribution in [0.4, 0.5) is 0 Å². The van der Waals surface area contributed by atoms with Crippen LogP contribution < -0.4 is 0 Å². The summed E-state index contributed by atoms with van der Waals surface area (Å²) in [4.78, 5) is 18.9. The molecule has 0 aliphatic rings. The lowest BCUT2D eigenvalue weighted by molar-refractivity contribution is 0.0941. The van der Waals surface area contributed by atoms with E-state index < -0.39 is 0 Å². The van der Waals surface area contributed by atoms with Crippen molar-refractivity contribution in [3.05, 3.63) is 22.7 Å². The van der Waals surface area contributed by atoms with Crippen LogP contribution in [0.2, 0.25) is 10.4 Å². The van der Waals surface area contributed by atoms with E-state index in [1.807, 2.05) is 0 Å². The molecule has 0 saturated heterocycles. The fourth-order valence-electron chi connectivity index (χ4n) is 1.24. The third-order valence-corrected chi connectivity index (χ3v) is 2.24. The van der Waals surface area contributed by atoms with Crippen LogP contribution in [-0.4, -0.2) is 20.4 Å². The maximum atomic E-state index is 11.2. The molecule has 0 N–H and O–H groups in total. The van der Waals surface area contributed by atoms with Crippen LogP contribution in [0.1, 0.15) is 11.7 Å². The zero-order chi connectivity index (χ0) is 10.3. The summed E-state index contributed by atoms with van der Waals surface area (Å²) >= 11 is 11.5. The number of hydrogen-bond donors (Lipinski definition) is 0. The molecule has 0 aliphatic carbocycles. The second-order valence-electron chi connectivity index (χ2n) is 2.72. The molecular formula is C8H5Cl2N3O. The molecule has 2 rings (SSSR count). The molecule has 2 aromatic rings. The lowest BCUT2D eigenvalue weighted by Gasteiger charge is -2.00. The lowest BCUT2D eigenvalue weighted by Crippen LogP contribution is -2.04. The first-order valence-corrected chi connectivity index (χ1v) is 4.56. The van der Waals surface area contributed by atoms with Crippen LogP contribution in [0.15, 0.2) is 12.3 Å². The van der Waals surface area contributed by atoms with Gasteiger partial charge < -0.3 is 0 Å². The summed E-state index contributed by atoms with van der Waals surface area (Å²) in [5.74, 6) is -0.146. The predicted octanol–water partition coefficient (Wildman–Crippen LogP) is 2.40. The molecule has 0 bridgehead atoms. The number of hydrogen-bond acceptors (Lipinski definition) is 3. The standard InChI is InChI=1S/C8H5Cl2N3O/c1-4(14)13-3-2-5-6(13)7(9)12-8(10)11-5/h2-3H,1H3. The van der Waals surface area contributed by atoms with Crippen LogP contribution in [0.25, 0.3) is 11.0 Å². The average Bonchev–Trinajstić information content (AvgIpc) is 2.47. The van der Waals surface area contributed by atoms with Gasteiger partial charge in [-0.25, -0.2) is 9.97 Å². The van der Waals surface area contributed by atoms with E-state index in [1.165, 1.54) is 11.5 Å². The zero-order valence-corrected chi connectivity index (χ0v) is 8.67. The van der Waals surface area contributed by atoms with Crippen molar-refractivity contribution in [3.63, 3.8) is 0 Å². The van der Waals surface area contributed by atoms with Gasteiger partial charge in [0.25, 0.3) is 0 Å². The predicted molar refractivity (Wildman–Crippen MR) is 53.8 cm³/mol. The molecule has 0 fully saturated rings. The number of halogens is 2. The molecule has 6 heteroatoms. The van der Waals surface area contributed by atoms with E-state index in [0.717, 1.165) is 0 Å². The third kappa shape index (κ3) is 1.36. The largest absolute Gasteiger partial charge is 0.283 e. The minimum atomic E-state index is -0.146. The highest BCUT2D eigenvalue weighted by Crippen LogP contribution is 2.22. The molecule has 0 unspecified atom stereocenters. The molecular weight excluding hydrogens is 225 g/mol. The Bertz CT molecular complexity index is 521. The first-order chi connectivity index (χ1) is 6.59. The molecule has 0 atom stereocenters. The topological polar surface area (TPSA) is 47.8 Å². The average molecular weight is 230 g/mol. The molecule has 0 saturated carbocycles. The van der Waals surface area contributed by atoms with Crippen molar-refractivity contribution in [1.29, 1.82) is 0 Å². The Morgan fingerprint density at radius 2 is 2.14 bits per heavy atom. The van der Waals surface area contributed by atoms with E-state index >= 15 is 0 Å². The second-order valence-corrected chi connectivity index (χ2v) is 3.42. The molecule has 0 aliphatic heterocycles. The molecule has 14 heavy (non-hydrogen) atoms. The van der Waals surface area contributed by atoms with Gasteiger partial charge in [-0.2, -0.15) is 0 Å². The maximum Gasteiger partial charge on any atom is 0.228 e. The number of fused-ring (bicyclic) bond motifs is 1. The molecule has 2 heterocycles. The fourth-order valence-corrected chi connectivity index (χ4v) is 1.72.